The zero-order chi connectivity index (χ0) is 10.6. The summed E-state index contributed by atoms with van der Waals surface area (Å²) in [6.45, 7) is 1.84. The van der Waals surface area contributed by atoms with Gasteiger partial charge < -0.3 is 10.8 Å². The number of benzene rings is 1. The lowest BCUT2D eigenvalue weighted by Crippen LogP contribution is -1.92. The zero-order valence-electron chi connectivity index (χ0n) is 8.07. The summed E-state index contributed by atoms with van der Waals surface area (Å²) in [5, 5.41) is 9.34. The Balaban J connectivity index is 3.00. The van der Waals surface area contributed by atoms with Gasteiger partial charge in [0.1, 0.15) is 11.9 Å². The van der Waals surface area contributed by atoms with E-state index in [1.807, 2.05) is 0 Å². The lowest BCUT2D eigenvalue weighted by Gasteiger charge is -2.06. The number of halogens is 1. The first-order valence-electron chi connectivity index (χ1n) is 4.48. The number of rotatable bonds is 3. The molecule has 0 heterocycles. The normalized spacial score (nSPS) is 13.4. The molecule has 0 amide bonds. The highest BCUT2D eigenvalue weighted by Gasteiger charge is 2.08. The van der Waals surface area contributed by atoms with Crippen molar-refractivity contribution >= 4 is 6.08 Å². The van der Waals surface area contributed by atoms with Gasteiger partial charge in [-0.1, -0.05) is 18.2 Å². The molecule has 0 bridgehead atoms. The molecule has 3 heteroatoms. The molecule has 3 N–H and O–H groups in total. The van der Waals surface area contributed by atoms with Crippen LogP contribution in [-0.4, -0.2) is 11.7 Å². The number of phenolic OH excluding ortho intramolecular Hbond substituents is 1. The highest BCUT2D eigenvalue weighted by atomic mass is 19.1. The van der Waals surface area contributed by atoms with Crippen LogP contribution >= 0.6 is 0 Å². The second kappa shape index (κ2) is 4.77. The first-order chi connectivity index (χ1) is 6.65. The van der Waals surface area contributed by atoms with Gasteiger partial charge in [-0.05, 0) is 24.6 Å². The average molecular weight is 195 g/mol. The Kier molecular flexibility index (Phi) is 3.65. The molecule has 1 aromatic rings. The quantitative estimate of drug-likeness (QED) is 0.777. The van der Waals surface area contributed by atoms with E-state index in [9.17, 15) is 9.50 Å². The maximum absolute atomic E-state index is 13.0. The first-order valence-corrected chi connectivity index (χ1v) is 4.48. The number of nitrogens with two attached hydrogens (primary N) is 1. The maximum Gasteiger partial charge on any atom is 0.126 e. The van der Waals surface area contributed by atoms with Gasteiger partial charge in [0, 0.05) is 12.1 Å². The molecule has 0 fully saturated rings. The van der Waals surface area contributed by atoms with Crippen LogP contribution in [0.1, 0.15) is 24.2 Å². The molecule has 0 aliphatic heterocycles. The fraction of sp³-hybridized carbons (Fsp3) is 0.273. The second-order valence-electron chi connectivity index (χ2n) is 3.07. The Labute approximate surface area is 82.9 Å². The Morgan fingerprint density at radius 2 is 2.29 bits per heavy atom. The molecule has 0 aromatic heterocycles. The molecule has 0 radical (unpaired) electrons. The summed E-state index contributed by atoms with van der Waals surface area (Å²) >= 11 is 0. The minimum absolute atomic E-state index is 0.00935. The van der Waals surface area contributed by atoms with Gasteiger partial charge in [-0.3, -0.25) is 0 Å². The Morgan fingerprint density at radius 3 is 2.86 bits per heavy atom. The van der Waals surface area contributed by atoms with Crippen LogP contribution in [0, 0.1) is 0 Å². The molecule has 0 aliphatic carbocycles. The van der Waals surface area contributed by atoms with Crippen LogP contribution in [0.4, 0.5) is 4.39 Å². The van der Waals surface area contributed by atoms with Crippen LogP contribution in [0.3, 0.4) is 0 Å². The van der Waals surface area contributed by atoms with Crippen molar-refractivity contribution in [3.05, 3.63) is 35.4 Å². The average Bonchev–Trinajstić information content (AvgIpc) is 2.16. The van der Waals surface area contributed by atoms with E-state index in [1.54, 1.807) is 24.3 Å². The fourth-order valence-corrected chi connectivity index (χ4v) is 1.20. The molecule has 76 valence electrons. The van der Waals surface area contributed by atoms with Gasteiger partial charge in [-0.25, -0.2) is 4.39 Å². The molecule has 1 aromatic carbocycles. The van der Waals surface area contributed by atoms with Crippen molar-refractivity contribution < 1.29 is 9.50 Å². The molecule has 1 atom stereocenters. The van der Waals surface area contributed by atoms with Crippen molar-refractivity contribution in [2.45, 2.75) is 13.1 Å². The minimum atomic E-state index is -1.17. The molecular weight excluding hydrogens is 181 g/mol. The van der Waals surface area contributed by atoms with E-state index in [-0.39, 0.29) is 5.75 Å². The van der Waals surface area contributed by atoms with Gasteiger partial charge in [0.25, 0.3) is 0 Å². The van der Waals surface area contributed by atoms with Gasteiger partial charge in [0.15, 0.2) is 0 Å². The third-order valence-electron chi connectivity index (χ3n) is 1.93. The second-order valence-corrected chi connectivity index (χ2v) is 3.07. The van der Waals surface area contributed by atoms with Gasteiger partial charge in [0.2, 0.25) is 0 Å². The van der Waals surface area contributed by atoms with Crippen molar-refractivity contribution in [3.8, 4) is 5.75 Å². The number of aromatic hydroxyl groups is 1. The van der Waals surface area contributed by atoms with E-state index in [4.69, 9.17) is 5.73 Å². The lowest BCUT2D eigenvalue weighted by molar-refractivity contribution is 0.356. The van der Waals surface area contributed by atoms with Crippen molar-refractivity contribution in [2.24, 2.45) is 5.73 Å². The zero-order valence-corrected chi connectivity index (χ0v) is 8.07. The van der Waals surface area contributed by atoms with E-state index in [2.05, 4.69) is 0 Å². The highest BCUT2D eigenvalue weighted by molar-refractivity contribution is 5.53. The minimum Gasteiger partial charge on any atom is -0.508 e. The van der Waals surface area contributed by atoms with Gasteiger partial charge in [0.05, 0.1) is 0 Å². The van der Waals surface area contributed by atoms with Crippen LogP contribution in [0.2, 0.25) is 0 Å². The summed E-state index contributed by atoms with van der Waals surface area (Å²) in [4.78, 5) is 0. The monoisotopic (exact) mass is 195 g/mol. The van der Waals surface area contributed by atoms with Crippen molar-refractivity contribution in [1.82, 2.24) is 0 Å². The van der Waals surface area contributed by atoms with Crippen LogP contribution in [0.5, 0.6) is 5.75 Å². The SMILES string of the molecule is CC(F)c1cc(/C=C/CN)ccc1O. The van der Waals surface area contributed by atoms with E-state index >= 15 is 0 Å². The van der Waals surface area contributed by atoms with E-state index in [1.165, 1.54) is 13.0 Å². The summed E-state index contributed by atoms with van der Waals surface area (Å²) in [7, 11) is 0. The van der Waals surface area contributed by atoms with Crippen molar-refractivity contribution in [1.29, 1.82) is 0 Å². The van der Waals surface area contributed by atoms with Crippen LogP contribution < -0.4 is 5.73 Å². The largest absolute Gasteiger partial charge is 0.508 e. The van der Waals surface area contributed by atoms with Crippen LogP contribution in [0.15, 0.2) is 24.3 Å². The van der Waals surface area contributed by atoms with Crippen LogP contribution in [0.25, 0.3) is 6.08 Å². The Hall–Kier alpha value is -1.35. The Bertz CT molecular complexity index is 334. The molecule has 1 rings (SSSR count). The third-order valence-corrected chi connectivity index (χ3v) is 1.93. The summed E-state index contributed by atoms with van der Waals surface area (Å²) in [5.74, 6) is -0.00935. The van der Waals surface area contributed by atoms with Crippen molar-refractivity contribution in [3.63, 3.8) is 0 Å². The van der Waals surface area contributed by atoms with E-state index in [0.29, 0.717) is 12.1 Å². The first kappa shape index (κ1) is 10.7. The maximum atomic E-state index is 13.0. The highest BCUT2D eigenvalue weighted by Crippen LogP contribution is 2.27. The molecular formula is C11H14FNO. The predicted molar refractivity (Wildman–Crippen MR) is 55.7 cm³/mol. The molecule has 2 nitrogen and oxygen atoms in total. The summed E-state index contributed by atoms with van der Waals surface area (Å²) < 4.78 is 13.0. The standard InChI is InChI=1S/C11H14FNO/c1-8(12)10-7-9(3-2-6-13)4-5-11(10)14/h2-5,7-8,14H,6,13H2,1H3/b3-2+. The smallest absolute Gasteiger partial charge is 0.126 e. The molecule has 1 unspecified atom stereocenters. The molecule has 0 saturated heterocycles. The van der Waals surface area contributed by atoms with Gasteiger partial charge in [-0.2, -0.15) is 0 Å². The summed E-state index contributed by atoms with van der Waals surface area (Å²) in [6, 6.07) is 4.82. The number of hydrogen-bond donors (Lipinski definition) is 2. The van der Waals surface area contributed by atoms with Gasteiger partial charge in [-0.15, -0.1) is 0 Å². The molecule has 0 spiro atoms. The topological polar surface area (TPSA) is 46.2 Å². The molecule has 0 saturated carbocycles. The lowest BCUT2D eigenvalue weighted by atomic mass is 10.1. The number of hydrogen-bond acceptors (Lipinski definition) is 2. The number of alkyl halides is 1. The van der Waals surface area contributed by atoms with E-state index < -0.39 is 6.17 Å². The summed E-state index contributed by atoms with van der Waals surface area (Å²) in [6.07, 6.45) is 2.41. The fourth-order valence-electron chi connectivity index (χ4n) is 1.20. The predicted octanol–water partition coefficient (Wildman–Crippen LogP) is 2.39. The van der Waals surface area contributed by atoms with E-state index in [0.717, 1.165) is 5.56 Å². The number of phenols is 1. The molecule has 14 heavy (non-hydrogen) atoms. The summed E-state index contributed by atoms with van der Waals surface area (Å²) in [5.41, 5.74) is 6.44. The van der Waals surface area contributed by atoms with Crippen molar-refractivity contribution in [2.75, 3.05) is 6.54 Å². The third kappa shape index (κ3) is 2.57. The molecule has 0 aliphatic rings. The Morgan fingerprint density at radius 1 is 1.57 bits per heavy atom. The van der Waals surface area contributed by atoms with Crippen LogP contribution in [-0.2, 0) is 0 Å². The van der Waals surface area contributed by atoms with Gasteiger partial charge >= 0.3 is 0 Å².